The summed E-state index contributed by atoms with van der Waals surface area (Å²) in [7, 11) is 1.68. The molecule has 1 aliphatic heterocycles. The molecule has 7 heteroatoms. The van der Waals surface area contributed by atoms with Crippen molar-refractivity contribution in [3.63, 3.8) is 0 Å². The van der Waals surface area contributed by atoms with Crippen LogP contribution in [0.25, 0.3) is 0 Å². The lowest BCUT2D eigenvalue weighted by atomic mass is 10.0. The van der Waals surface area contributed by atoms with E-state index in [0.717, 1.165) is 17.7 Å². The first-order valence-electron chi connectivity index (χ1n) is 9.72. The number of nitro groups is 1. The van der Waals surface area contributed by atoms with Crippen molar-refractivity contribution >= 4 is 23.2 Å². The molecule has 0 bridgehead atoms. The number of nitro benzene ring substituents is 1. The Bertz CT molecular complexity index is 943. The third-order valence-electron chi connectivity index (χ3n) is 5.60. The molecule has 0 saturated carbocycles. The maximum absolute atomic E-state index is 13.0. The molecule has 1 heterocycles. The largest absolute Gasteiger partial charge is 0.339 e. The number of rotatable bonds is 6. The van der Waals surface area contributed by atoms with Gasteiger partial charge in [-0.05, 0) is 36.6 Å². The topological polar surface area (TPSA) is 83.8 Å². The van der Waals surface area contributed by atoms with E-state index in [2.05, 4.69) is 6.92 Å². The minimum Gasteiger partial charge on any atom is -0.339 e. The first-order valence-corrected chi connectivity index (χ1v) is 9.72. The number of benzene rings is 2. The van der Waals surface area contributed by atoms with Gasteiger partial charge in [-0.1, -0.05) is 31.2 Å². The van der Waals surface area contributed by atoms with Gasteiger partial charge in [-0.25, -0.2) is 0 Å². The number of aryl methyl sites for hydroxylation is 1. The van der Waals surface area contributed by atoms with E-state index >= 15 is 0 Å². The summed E-state index contributed by atoms with van der Waals surface area (Å²) >= 11 is 0. The number of hydrogen-bond donors (Lipinski definition) is 0. The average Bonchev–Trinajstić information content (AvgIpc) is 3.13. The summed E-state index contributed by atoms with van der Waals surface area (Å²) in [6, 6.07) is 13.8. The molecule has 2 unspecified atom stereocenters. The maximum atomic E-state index is 13.0. The smallest absolute Gasteiger partial charge is 0.269 e. The fraction of sp³-hybridized carbons (Fsp3) is 0.364. The Morgan fingerprint density at radius 2 is 2.00 bits per heavy atom. The minimum absolute atomic E-state index is 0.00627. The van der Waals surface area contributed by atoms with Crippen molar-refractivity contribution < 1.29 is 14.5 Å². The Kier molecular flexibility index (Phi) is 5.96. The predicted octanol–water partition coefficient (Wildman–Crippen LogP) is 3.73. The van der Waals surface area contributed by atoms with Gasteiger partial charge in [-0.2, -0.15) is 0 Å². The van der Waals surface area contributed by atoms with Gasteiger partial charge in [-0.15, -0.1) is 0 Å². The fourth-order valence-corrected chi connectivity index (χ4v) is 3.67. The summed E-state index contributed by atoms with van der Waals surface area (Å²) in [5.74, 6) is -0.626. The zero-order valence-electron chi connectivity index (χ0n) is 16.9. The first-order chi connectivity index (χ1) is 13.8. The lowest BCUT2D eigenvalue weighted by molar-refractivity contribution is -0.384. The number of nitrogens with zero attached hydrogens (tertiary/aromatic N) is 3. The lowest BCUT2D eigenvalue weighted by Gasteiger charge is -2.28. The average molecular weight is 395 g/mol. The minimum atomic E-state index is -0.448. The molecule has 0 radical (unpaired) electrons. The van der Waals surface area contributed by atoms with E-state index in [4.69, 9.17) is 0 Å². The van der Waals surface area contributed by atoms with E-state index < -0.39 is 10.8 Å². The SMILES string of the molecule is CCc1cccc(N2CC(C(=O)N(C)C(C)c3cccc([N+](=O)[O-])c3)CC2=O)c1. The fourth-order valence-electron chi connectivity index (χ4n) is 3.67. The van der Waals surface area contributed by atoms with E-state index in [-0.39, 0.29) is 30.0 Å². The zero-order valence-corrected chi connectivity index (χ0v) is 16.9. The second-order valence-corrected chi connectivity index (χ2v) is 7.41. The Morgan fingerprint density at radius 1 is 1.28 bits per heavy atom. The van der Waals surface area contributed by atoms with Crippen molar-refractivity contribution in [3.05, 3.63) is 69.8 Å². The molecule has 7 nitrogen and oxygen atoms in total. The molecule has 1 aliphatic rings. The summed E-state index contributed by atoms with van der Waals surface area (Å²) < 4.78 is 0. The second-order valence-electron chi connectivity index (χ2n) is 7.41. The third kappa shape index (κ3) is 4.29. The standard InChI is InChI=1S/C22H25N3O4/c1-4-16-7-5-9-19(11-16)24-14-18(13-21(24)26)22(27)23(3)15(2)17-8-6-10-20(12-17)25(28)29/h5-12,15,18H,4,13-14H2,1-3H3. The molecule has 1 saturated heterocycles. The molecule has 0 N–H and O–H groups in total. The van der Waals surface area contributed by atoms with Crippen molar-refractivity contribution in [1.82, 2.24) is 4.90 Å². The van der Waals surface area contributed by atoms with Gasteiger partial charge < -0.3 is 9.80 Å². The zero-order chi connectivity index (χ0) is 21.1. The van der Waals surface area contributed by atoms with E-state index in [1.54, 1.807) is 29.0 Å². The first kappa shape index (κ1) is 20.5. The summed E-state index contributed by atoms with van der Waals surface area (Å²) in [5.41, 5.74) is 2.64. The molecular weight excluding hydrogens is 370 g/mol. The highest BCUT2D eigenvalue weighted by atomic mass is 16.6. The van der Waals surface area contributed by atoms with Crippen LogP contribution in [0.5, 0.6) is 0 Å². The summed E-state index contributed by atoms with van der Waals surface area (Å²) in [5, 5.41) is 11.0. The van der Waals surface area contributed by atoms with Crippen LogP contribution in [0.2, 0.25) is 0 Å². The van der Waals surface area contributed by atoms with Gasteiger partial charge in [0.25, 0.3) is 5.69 Å². The highest BCUT2D eigenvalue weighted by molar-refractivity contribution is 6.00. The molecule has 2 atom stereocenters. The molecule has 1 fully saturated rings. The monoisotopic (exact) mass is 395 g/mol. The Labute approximate surface area is 170 Å². The molecule has 2 aromatic carbocycles. The third-order valence-corrected chi connectivity index (χ3v) is 5.60. The van der Waals surface area contributed by atoms with Crippen molar-refractivity contribution in [2.24, 2.45) is 5.92 Å². The molecule has 2 amide bonds. The van der Waals surface area contributed by atoms with Crippen LogP contribution in [-0.4, -0.2) is 35.2 Å². The van der Waals surface area contributed by atoms with Crippen molar-refractivity contribution in [2.45, 2.75) is 32.7 Å². The van der Waals surface area contributed by atoms with Crippen LogP contribution < -0.4 is 4.90 Å². The summed E-state index contributed by atoms with van der Waals surface area (Å²) in [6.45, 7) is 4.23. The molecule has 0 aliphatic carbocycles. The van der Waals surface area contributed by atoms with Crippen LogP contribution >= 0.6 is 0 Å². The molecule has 0 spiro atoms. The Morgan fingerprint density at radius 3 is 2.69 bits per heavy atom. The molecule has 29 heavy (non-hydrogen) atoms. The Hall–Kier alpha value is -3.22. The van der Waals surface area contributed by atoms with Crippen molar-refractivity contribution in [3.8, 4) is 0 Å². The van der Waals surface area contributed by atoms with E-state index in [9.17, 15) is 19.7 Å². The van der Waals surface area contributed by atoms with Crippen LogP contribution in [0.1, 0.15) is 37.4 Å². The van der Waals surface area contributed by atoms with Gasteiger partial charge >= 0.3 is 0 Å². The number of anilines is 1. The molecular formula is C22H25N3O4. The van der Waals surface area contributed by atoms with Crippen LogP contribution in [0.15, 0.2) is 48.5 Å². The van der Waals surface area contributed by atoms with Gasteiger partial charge in [0, 0.05) is 37.8 Å². The lowest BCUT2D eigenvalue weighted by Crippen LogP contribution is -2.36. The van der Waals surface area contributed by atoms with Crippen LogP contribution in [0, 0.1) is 16.0 Å². The van der Waals surface area contributed by atoms with Gasteiger partial charge in [0.15, 0.2) is 0 Å². The highest BCUT2D eigenvalue weighted by Gasteiger charge is 2.37. The molecule has 152 valence electrons. The van der Waals surface area contributed by atoms with Gasteiger partial charge in [0.2, 0.25) is 11.8 Å². The normalized spacial score (nSPS) is 17.3. The number of carbonyl (C=O) groups excluding carboxylic acids is 2. The number of amides is 2. The van der Waals surface area contributed by atoms with E-state index in [1.807, 2.05) is 31.2 Å². The van der Waals surface area contributed by atoms with Gasteiger partial charge in [0.1, 0.15) is 0 Å². The number of carbonyl (C=O) groups is 2. The molecule has 3 rings (SSSR count). The Balaban J connectivity index is 1.73. The summed E-state index contributed by atoms with van der Waals surface area (Å²) in [4.78, 5) is 39.4. The van der Waals surface area contributed by atoms with Crippen molar-refractivity contribution in [2.75, 3.05) is 18.5 Å². The predicted molar refractivity (Wildman–Crippen MR) is 111 cm³/mol. The maximum Gasteiger partial charge on any atom is 0.269 e. The van der Waals surface area contributed by atoms with E-state index in [0.29, 0.717) is 12.1 Å². The summed E-state index contributed by atoms with van der Waals surface area (Å²) in [6.07, 6.45) is 1.04. The van der Waals surface area contributed by atoms with Gasteiger partial charge in [0.05, 0.1) is 16.9 Å². The quantitative estimate of drug-likeness (QED) is 0.551. The van der Waals surface area contributed by atoms with E-state index in [1.165, 1.54) is 12.1 Å². The van der Waals surface area contributed by atoms with Crippen molar-refractivity contribution in [1.29, 1.82) is 0 Å². The number of non-ortho nitro benzene ring substituents is 1. The molecule has 0 aromatic heterocycles. The molecule has 2 aromatic rings. The van der Waals surface area contributed by atoms with Crippen LogP contribution in [-0.2, 0) is 16.0 Å². The van der Waals surface area contributed by atoms with Gasteiger partial charge in [-0.3, -0.25) is 19.7 Å². The van der Waals surface area contributed by atoms with Crippen LogP contribution in [0.3, 0.4) is 0 Å². The second kappa shape index (κ2) is 8.43. The van der Waals surface area contributed by atoms with Crippen LogP contribution in [0.4, 0.5) is 11.4 Å². The number of hydrogen-bond acceptors (Lipinski definition) is 4. The highest BCUT2D eigenvalue weighted by Crippen LogP contribution is 2.30.